The van der Waals surface area contributed by atoms with Crippen LogP contribution in [-0.4, -0.2) is 21.2 Å². The van der Waals surface area contributed by atoms with Crippen LogP contribution in [0, 0.1) is 0 Å². The molecule has 1 heterocycles. The van der Waals surface area contributed by atoms with Gasteiger partial charge >= 0.3 is 5.97 Å². The Morgan fingerprint density at radius 2 is 2.29 bits per heavy atom. The lowest BCUT2D eigenvalue weighted by atomic mass is 10.1. The molecule has 1 aromatic heterocycles. The van der Waals surface area contributed by atoms with Crippen LogP contribution < -0.4 is 0 Å². The summed E-state index contributed by atoms with van der Waals surface area (Å²) in [6.07, 6.45) is 1.20. The van der Waals surface area contributed by atoms with Crippen molar-refractivity contribution >= 4 is 5.97 Å². The second-order valence-corrected chi connectivity index (χ2v) is 2.64. The second-order valence-electron chi connectivity index (χ2n) is 2.64. The van der Waals surface area contributed by atoms with E-state index in [-0.39, 0.29) is 5.56 Å². The number of carbonyl (C=O) groups is 1. The van der Waals surface area contributed by atoms with Crippen LogP contribution in [0.3, 0.4) is 0 Å². The monoisotopic (exact) mass is 190 g/mol. The maximum Gasteiger partial charge on any atom is 0.335 e. The molecule has 0 atom stereocenters. The van der Waals surface area contributed by atoms with Crippen LogP contribution in [-0.2, 0) is 0 Å². The molecule has 0 bridgehead atoms. The van der Waals surface area contributed by atoms with Crippen LogP contribution in [0.1, 0.15) is 10.4 Å². The Morgan fingerprint density at radius 3 is 2.93 bits per heavy atom. The van der Waals surface area contributed by atoms with E-state index in [2.05, 4.69) is 14.7 Å². The minimum atomic E-state index is -0.977. The summed E-state index contributed by atoms with van der Waals surface area (Å²) >= 11 is 0. The van der Waals surface area contributed by atoms with E-state index in [1.807, 2.05) is 0 Å². The fourth-order valence-electron chi connectivity index (χ4n) is 1.09. The molecule has 0 amide bonds. The number of carboxylic acids is 1. The van der Waals surface area contributed by atoms with Crippen molar-refractivity contribution in [3.05, 3.63) is 36.2 Å². The van der Waals surface area contributed by atoms with Gasteiger partial charge in [-0.15, -0.1) is 0 Å². The Kier molecular flexibility index (Phi) is 1.98. The van der Waals surface area contributed by atoms with Crippen molar-refractivity contribution in [1.82, 2.24) is 10.1 Å². The molecule has 0 unspecified atom stereocenters. The van der Waals surface area contributed by atoms with E-state index in [4.69, 9.17) is 5.11 Å². The van der Waals surface area contributed by atoms with Crippen LogP contribution in [0.25, 0.3) is 11.4 Å². The normalized spacial score (nSPS) is 10.0. The van der Waals surface area contributed by atoms with Gasteiger partial charge in [0.25, 0.3) is 0 Å². The van der Waals surface area contributed by atoms with E-state index in [0.717, 1.165) is 0 Å². The van der Waals surface area contributed by atoms with E-state index >= 15 is 0 Å². The molecule has 70 valence electrons. The molecule has 5 nitrogen and oxygen atoms in total. The first-order chi connectivity index (χ1) is 6.77. The Balaban J connectivity index is 2.46. The first-order valence-corrected chi connectivity index (χ1v) is 3.87. The third kappa shape index (κ3) is 1.47. The van der Waals surface area contributed by atoms with Gasteiger partial charge in [0.05, 0.1) is 5.56 Å². The van der Waals surface area contributed by atoms with Crippen molar-refractivity contribution in [3.63, 3.8) is 0 Å². The smallest absolute Gasteiger partial charge is 0.335 e. The molecule has 2 aromatic rings. The molecule has 0 radical (unpaired) electrons. The summed E-state index contributed by atoms with van der Waals surface area (Å²) in [6, 6.07) is 6.35. The molecule has 14 heavy (non-hydrogen) atoms. The zero-order chi connectivity index (χ0) is 9.97. The minimum Gasteiger partial charge on any atom is -0.478 e. The molecule has 0 aliphatic heterocycles. The van der Waals surface area contributed by atoms with Gasteiger partial charge in [0, 0.05) is 5.56 Å². The standard InChI is InChI=1S/C9H6N2O3/c12-9(13)7-3-1-2-6(4-7)8-10-5-14-11-8/h1-5H,(H,12,13). The van der Waals surface area contributed by atoms with Gasteiger partial charge in [0.15, 0.2) is 0 Å². The molecule has 0 aliphatic rings. The highest BCUT2D eigenvalue weighted by atomic mass is 16.5. The zero-order valence-electron chi connectivity index (χ0n) is 7.04. The fourth-order valence-corrected chi connectivity index (χ4v) is 1.09. The molecule has 0 saturated heterocycles. The summed E-state index contributed by atoms with van der Waals surface area (Å²) in [4.78, 5) is 14.5. The lowest BCUT2D eigenvalue weighted by Gasteiger charge is -1.96. The van der Waals surface area contributed by atoms with E-state index in [0.29, 0.717) is 11.4 Å². The van der Waals surface area contributed by atoms with Crippen molar-refractivity contribution in [1.29, 1.82) is 0 Å². The summed E-state index contributed by atoms with van der Waals surface area (Å²) < 4.78 is 4.56. The van der Waals surface area contributed by atoms with Crippen molar-refractivity contribution in [3.8, 4) is 11.4 Å². The molecule has 0 spiro atoms. The molecule has 1 N–H and O–H groups in total. The number of rotatable bonds is 2. The maximum atomic E-state index is 10.7. The van der Waals surface area contributed by atoms with Gasteiger partial charge in [-0.2, -0.15) is 4.98 Å². The number of aromatic carboxylic acids is 1. The Labute approximate surface area is 79.0 Å². The van der Waals surface area contributed by atoms with Gasteiger partial charge < -0.3 is 9.63 Å². The van der Waals surface area contributed by atoms with Gasteiger partial charge in [-0.3, -0.25) is 0 Å². The largest absolute Gasteiger partial charge is 0.478 e. The van der Waals surface area contributed by atoms with Crippen molar-refractivity contribution in [2.75, 3.05) is 0 Å². The second kappa shape index (κ2) is 3.29. The van der Waals surface area contributed by atoms with Crippen LogP contribution >= 0.6 is 0 Å². The van der Waals surface area contributed by atoms with E-state index in [1.165, 1.54) is 18.5 Å². The van der Waals surface area contributed by atoms with Gasteiger partial charge in [0.1, 0.15) is 0 Å². The number of hydrogen-bond donors (Lipinski definition) is 1. The average Bonchev–Trinajstić information content (AvgIpc) is 2.71. The number of carboxylic acid groups (broad SMARTS) is 1. The number of benzene rings is 1. The fraction of sp³-hybridized carbons (Fsp3) is 0. The van der Waals surface area contributed by atoms with Gasteiger partial charge in [0.2, 0.25) is 12.2 Å². The van der Waals surface area contributed by atoms with Gasteiger partial charge in [-0.05, 0) is 12.1 Å². The van der Waals surface area contributed by atoms with Crippen molar-refractivity contribution in [2.24, 2.45) is 0 Å². The van der Waals surface area contributed by atoms with Crippen LogP contribution in [0.2, 0.25) is 0 Å². The lowest BCUT2D eigenvalue weighted by Crippen LogP contribution is -1.95. The van der Waals surface area contributed by atoms with Crippen LogP contribution in [0.5, 0.6) is 0 Å². The number of aromatic nitrogens is 2. The highest BCUT2D eigenvalue weighted by Gasteiger charge is 2.06. The molecule has 0 saturated carbocycles. The summed E-state index contributed by atoms with van der Waals surface area (Å²) in [5, 5.41) is 12.4. The topological polar surface area (TPSA) is 76.2 Å². The van der Waals surface area contributed by atoms with Crippen molar-refractivity contribution < 1.29 is 14.4 Å². The number of nitrogens with zero attached hydrogens (tertiary/aromatic N) is 2. The molecular formula is C9H6N2O3. The van der Waals surface area contributed by atoms with Crippen LogP contribution in [0.4, 0.5) is 0 Å². The first kappa shape index (κ1) is 8.43. The summed E-state index contributed by atoms with van der Waals surface area (Å²) in [6.45, 7) is 0. The predicted molar refractivity (Wildman–Crippen MR) is 46.7 cm³/mol. The zero-order valence-corrected chi connectivity index (χ0v) is 7.04. The van der Waals surface area contributed by atoms with E-state index in [9.17, 15) is 4.79 Å². The highest BCUT2D eigenvalue weighted by Crippen LogP contribution is 2.15. The first-order valence-electron chi connectivity index (χ1n) is 3.87. The molecule has 0 fully saturated rings. The summed E-state index contributed by atoms with van der Waals surface area (Å²) in [5.41, 5.74) is 0.825. The maximum absolute atomic E-state index is 10.7. The number of hydrogen-bond acceptors (Lipinski definition) is 4. The Hall–Kier alpha value is -2.17. The van der Waals surface area contributed by atoms with Crippen molar-refractivity contribution in [2.45, 2.75) is 0 Å². The lowest BCUT2D eigenvalue weighted by molar-refractivity contribution is 0.0697. The van der Waals surface area contributed by atoms with Gasteiger partial charge in [-0.1, -0.05) is 17.3 Å². The minimum absolute atomic E-state index is 0.201. The third-order valence-corrected chi connectivity index (χ3v) is 1.73. The third-order valence-electron chi connectivity index (χ3n) is 1.73. The van der Waals surface area contributed by atoms with Crippen LogP contribution in [0.15, 0.2) is 35.2 Å². The highest BCUT2D eigenvalue weighted by molar-refractivity contribution is 5.88. The Bertz CT molecular complexity index is 451. The SMILES string of the molecule is O=C(O)c1cccc(-c2ncon2)c1. The van der Waals surface area contributed by atoms with E-state index in [1.54, 1.807) is 12.1 Å². The molecular weight excluding hydrogens is 184 g/mol. The summed E-state index contributed by atoms with van der Waals surface area (Å²) in [5.74, 6) is -0.594. The summed E-state index contributed by atoms with van der Waals surface area (Å²) in [7, 11) is 0. The predicted octanol–water partition coefficient (Wildman–Crippen LogP) is 1.43. The molecule has 0 aliphatic carbocycles. The quantitative estimate of drug-likeness (QED) is 0.775. The molecule has 2 rings (SSSR count). The van der Waals surface area contributed by atoms with E-state index < -0.39 is 5.97 Å². The Morgan fingerprint density at radius 1 is 1.43 bits per heavy atom. The average molecular weight is 190 g/mol. The molecule has 5 heteroatoms. The van der Waals surface area contributed by atoms with Gasteiger partial charge in [-0.25, -0.2) is 4.79 Å². The molecule has 1 aromatic carbocycles.